The fourth-order valence-corrected chi connectivity index (χ4v) is 3.64. The summed E-state index contributed by atoms with van der Waals surface area (Å²) in [6, 6.07) is 10.6. The van der Waals surface area contributed by atoms with Gasteiger partial charge in [-0.1, -0.05) is 44.2 Å². The summed E-state index contributed by atoms with van der Waals surface area (Å²) in [7, 11) is 0. The molecule has 1 amide bonds. The van der Waals surface area contributed by atoms with Crippen molar-refractivity contribution in [2.75, 3.05) is 13.1 Å². The minimum Gasteiger partial charge on any atom is -0.342 e. The molecule has 2 aromatic rings. The number of amides is 1. The quantitative estimate of drug-likeness (QED) is 0.833. The van der Waals surface area contributed by atoms with Gasteiger partial charge in [-0.25, -0.2) is 4.98 Å². The molecule has 0 unspecified atom stereocenters. The van der Waals surface area contributed by atoms with E-state index in [2.05, 4.69) is 46.8 Å². The Bertz CT molecular complexity index is 697. The van der Waals surface area contributed by atoms with Gasteiger partial charge in [0.2, 0.25) is 5.91 Å². The molecule has 0 spiro atoms. The predicted molar refractivity (Wildman–Crippen MR) is 100 cm³/mol. The van der Waals surface area contributed by atoms with Crippen molar-refractivity contribution in [1.29, 1.82) is 0 Å². The van der Waals surface area contributed by atoms with E-state index in [0.717, 1.165) is 38.9 Å². The maximum absolute atomic E-state index is 12.1. The first-order chi connectivity index (χ1) is 12.0. The zero-order valence-electron chi connectivity index (χ0n) is 15.6. The van der Waals surface area contributed by atoms with Crippen LogP contribution in [0.3, 0.4) is 0 Å². The van der Waals surface area contributed by atoms with E-state index in [1.54, 1.807) is 0 Å². The van der Waals surface area contributed by atoms with Gasteiger partial charge in [0.1, 0.15) is 5.82 Å². The van der Waals surface area contributed by atoms with Crippen molar-refractivity contribution in [2.45, 2.75) is 46.6 Å². The second-order valence-corrected chi connectivity index (χ2v) is 7.52. The lowest BCUT2D eigenvalue weighted by atomic mass is 9.92. The zero-order chi connectivity index (χ0) is 17.8. The number of aromatic nitrogens is 2. The van der Waals surface area contributed by atoms with Crippen LogP contribution >= 0.6 is 0 Å². The van der Waals surface area contributed by atoms with Crippen molar-refractivity contribution < 1.29 is 4.79 Å². The molecular formula is C21H29N3O. The van der Waals surface area contributed by atoms with Crippen LogP contribution in [-0.4, -0.2) is 33.4 Å². The molecule has 25 heavy (non-hydrogen) atoms. The van der Waals surface area contributed by atoms with Crippen LogP contribution in [0.1, 0.15) is 43.8 Å². The highest BCUT2D eigenvalue weighted by atomic mass is 16.2. The molecule has 0 bridgehead atoms. The Morgan fingerprint density at radius 3 is 2.52 bits per heavy atom. The van der Waals surface area contributed by atoms with E-state index in [4.69, 9.17) is 0 Å². The van der Waals surface area contributed by atoms with Gasteiger partial charge < -0.3 is 9.47 Å². The number of benzene rings is 1. The lowest BCUT2D eigenvalue weighted by molar-refractivity contribution is -0.135. The Morgan fingerprint density at radius 1 is 1.20 bits per heavy atom. The normalized spacial score (nSPS) is 15.8. The molecule has 1 aromatic carbocycles. The molecule has 1 aromatic heterocycles. The standard InChI is InChI=1S/C21H29N3O/c1-16(2)21(25)23-11-9-18(10-12-23)13-20-22-14-17(3)24(20)15-19-7-5-4-6-8-19/h4-8,14,16,18H,9-13,15H2,1-3H3. The van der Waals surface area contributed by atoms with Gasteiger partial charge in [-0.2, -0.15) is 0 Å². The Hall–Kier alpha value is -2.10. The maximum atomic E-state index is 12.1. The van der Waals surface area contributed by atoms with E-state index >= 15 is 0 Å². The van der Waals surface area contributed by atoms with Gasteiger partial charge in [0.25, 0.3) is 0 Å². The first-order valence-corrected chi connectivity index (χ1v) is 9.38. The van der Waals surface area contributed by atoms with Crippen molar-refractivity contribution in [1.82, 2.24) is 14.5 Å². The molecule has 1 saturated heterocycles. The number of aryl methyl sites for hydroxylation is 1. The lowest BCUT2D eigenvalue weighted by Crippen LogP contribution is -2.41. The highest BCUT2D eigenvalue weighted by Crippen LogP contribution is 2.23. The van der Waals surface area contributed by atoms with Crippen LogP contribution in [0, 0.1) is 18.8 Å². The summed E-state index contributed by atoms with van der Waals surface area (Å²) in [5, 5.41) is 0. The molecular weight excluding hydrogens is 310 g/mol. The Kier molecular flexibility index (Phi) is 5.57. The van der Waals surface area contributed by atoms with E-state index in [-0.39, 0.29) is 5.92 Å². The summed E-state index contributed by atoms with van der Waals surface area (Å²) in [4.78, 5) is 18.8. The first-order valence-electron chi connectivity index (χ1n) is 9.38. The number of imidazole rings is 1. The van der Waals surface area contributed by atoms with Gasteiger partial charge in [0.05, 0.1) is 0 Å². The number of piperidine rings is 1. The number of nitrogens with zero attached hydrogens (tertiary/aromatic N) is 3. The van der Waals surface area contributed by atoms with Crippen molar-refractivity contribution in [3.8, 4) is 0 Å². The van der Waals surface area contributed by atoms with Gasteiger partial charge >= 0.3 is 0 Å². The number of hydrogen-bond acceptors (Lipinski definition) is 2. The molecule has 0 saturated carbocycles. The minimum absolute atomic E-state index is 0.101. The van der Waals surface area contributed by atoms with Crippen molar-refractivity contribution in [3.63, 3.8) is 0 Å². The molecule has 0 aliphatic carbocycles. The third kappa shape index (κ3) is 4.30. The van der Waals surface area contributed by atoms with E-state index < -0.39 is 0 Å². The number of hydrogen-bond donors (Lipinski definition) is 0. The van der Waals surface area contributed by atoms with Crippen LogP contribution in [-0.2, 0) is 17.8 Å². The van der Waals surface area contributed by atoms with Crippen LogP contribution in [0.4, 0.5) is 0 Å². The molecule has 1 fully saturated rings. The summed E-state index contributed by atoms with van der Waals surface area (Å²) in [6.07, 6.45) is 5.14. The predicted octanol–water partition coefficient (Wildman–Crippen LogP) is 3.68. The highest BCUT2D eigenvalue weighted by Gasteiger charge is 2.25. The van der Waals surface area contributed by atoms with Gasteiger partial charge in [0, 0.05) is 43.9 Å². The average molecular weight is 339 g/mol. The summed E-state index contributed by atoms with van der Waals surface area (Å²) in [6.45, 7) is 8.76. The van der Waals surface area contributed by atoms with E-state index in [1.807, 2.05) is 24.9 Å². The number of likely N-dealkylation sites (tertiary alicyclic amines) is 1. The summed E-state index contributed by atoms with van der Waals surface area (Å²) in [5.41, 5.74) is 2.52. The number of rotatable bonds is 5. The molecule has 4 heteroatoms. The van der Waals surface area contributed by atoms with Crippen LogP contribution in [0.2, 0.25) is 0 Å². The average Bonchev–Trinajstić information content (AvgIpc) is 2.96. The Morgan fingerprint density at radius 2 is 1.88 bits per heavy atom. The Labute approximate surface area is 150 Å². The first kappa shape index (κ1) is 17.7. The SMILES string of the molecule is Cc1cnc(CC2CCN(C(=O)C(C)C)CC2)n1Cc1ccccc1. The molecule has 134 valence electrons. The summed E-state index contributed by atoms with van der Waals surface area (Å²) >= 11 is 0. The third-order valence-corrected chi connectivity index (χ3v) is 5.21. The molecule has 0 radical (unpaired) electrons. The van der Waals surface area contributed by atoms with Gasteiger partial charge in [-0.05, 0) is 31.2 Å². The molecule has 3 rings (SSSR count). The molecule has 0 N–H and O–H groups in total. The summed E-state index contributed by atoms with van der Waals surface area (Å²) < 4.78 is 2.33. The summed E-state index contributed by atoms with van der Waals surface area (Å²) in [5.74, 6) is 2.19. The van der Waals surface area contributed by atoms with E-state index in [1.165, 1.54) is 17.1 Å². The third-order valence-electron chi connectivity index (χ3n) is 5.21. The van der Waals surface area contributed by atoms with Crippen molar-refractivity contribution in [3.05, 3.63) is 53.6 Å². The van der Waals surface area contributed by atoms with Crippen molar-refractivity contribution in [2.24, 2.45) is 11.8 Å². The number of carbonyl (C=O) groups is 1. The second kappa shape index (κ2) is 7.85. The minimum atomic E-state index is 0.101. The van der Waals surface area contributed by atoms with Gasteiger partial charge in [-0.15, -0.1) is 0 Å². The van der Waals surface area contributed by atoms with Gasteiger partial charge in [0.15, 0.2) is 0 Å². The van der Waals surface area contributed by atoms with Crippen molar-refractivity contribution >= 4 is 5.91 Å². The van der Waals surface area contributed by atoms with E-state index in [0.29, 0.717) is 11.8 Å². The van der Waals surface area contributed by atoms with Crippen LogP contribution in [0.15, 0.2) is 36.5 Å². The van der Waals surface area contributed by atoms with Crippen LogP contribution in [0.5, 0.6) is 0 Å². The van der Waals surface area contributed by atoms with Crippen LogP contribution < -0.4 is 0 Å². The molecule has 1 aliphatic heterocycles. The molecule has 4 nitrogen and oxygen atoms in total. The Balaban J connectivity index is 1.62. The zero-order valence-corrected chi connectivity index (χ0v) is 15.6. The number of carbonyl (C=O) groups excluding carboxylic acids is 1. The fraction of sp³-hybridized carbons (Fsp3) is 0.524. The molecule has 0 atom stereocenters. The monoisotopic (exact) mass is 339 g/mol. The van der Waals surface area contributed by atoms with E-state index in [9.17, 15) is 4.79 Å². The second-order valence-electron chi connectivity index (χ2n) is 7.52. The largest absolute Gasteiger partial charge is 0.342 e. The topological polar surface area (TPSA) is 38.1 Å². The van der Waals surface area contributed by atoms with Gasteiger partial charge in [-0.3, -0.25) is 4.79 Å². The maximum Gasteiger partial charge on any atom is 0.225 e. The fourth-order valence-electron chi connectivity index (χ4n) is 3.64. The van der Waals surface area contributed by atoms with Crippen LogP contribution in [0.25, 0.3) is 0 Å². The smallest absolute Gasteiger partial charge is 0.225 e. The molecule has 2 heterocycles. The lowest BCUT2D eigenvalue weighted by Gasteiger charge is -2.33. The highest BCUT2D eigenvalue weighted by molar-refractivity contribution is 5.78. The molecule has 1 aliphatic rings.